The minimum Gasteiger partial charge on any atom is -0.462 e. The fraction of sp³-hybridized carbons (Fsp3) is 0.828. The second kappa shape index (κ2) is 58.9. The number of carbonyl (C=O) groups is 3. The molecule has 0 rings (SSSR count). The predicted octanol–water partition coefficient (Wildman–Crippen LogP) is 20.6. The van der Waals surface area contributed by atoms with Gasteiger partial charge in [-0.1, -0.05) is 294 Å². The molecule has 0 aromatic heterocycles. The molecule has 0 aromatic carbocycles. The van der Waals surface area contributed by atoms with E-state index >= 15 is 0 Å². The van der Waals surface area contributed by atoms with Gasteiger partial charge in [-0.05, 0) is 57.8 Å². The summed E-state index contributed by atoms with van der Waals surface area (Å²) < 4.78 is 16.8. The van der Waals surface area contributed by atoms with Crippen molar-refractivity contribution in [1.82, 2.24) is 0 Å². The van der Waals surface area contributed by atoms with Gasteiger partial charge in [0.1, 0.15) is 13.2 Å². The quantitative estimate of drug-likeness (QED) is 0.0261. The van der Waals surface area contributed by atoms with Crippen LogP contribution in [-0.4, -0.2) is 37.2 Å². The van der Waals surface area contributed by atoms with Crippen LogP contribution in [0.3, 0.4) is 0 Å². The Morgan fingerprint density at radius 3 is 0.871 bits per heavy atom. The highest BCUT2D eigenvalue weighted by Crippen LogP contribution is 2.17. The van der Waals surface area contributed by atoms with Crippen molar-refractivity contribution in [2.75, 3.05) is 13.2 Å². The number of hydrogen-bond acceptors (Lipinski definition) is 6. The van der Waals surface area contributed by atoms with Crippen LogP contribution in [0.15, 0.2) is 48.6 Å². The molecule has 70 heavy (non-hydrogen) atoms. The summed E-state index contributed by atoms with van der Waals surface area (Å²) in [7, 11) is 0. The van der Waals surface area contributed by atoms with E-state index in [4.69, 9.17) is 14.2 Å². The lowest BCUT2D eigenvalue weighted by atomic mass is 10.0. The highest BCUT2D eigenvalue weighted by atomic mass is 16.6. The van der Waals surface area contributed by atoms with Crippen molar-refractivity contribution >= 4 is 17.9 Å². The van der Waals surface area contributed by atoms with Gasteiger partial charge in [0.05, 0.1) is 0 Å². The smallest absolute Gasteiger partial charge is 0.306 e. The van der Waals surface area contributed by atoms with Crippen LogP contribution in [-0.2, 0) is 28.6 Å². The molecule has 0 aliphatic carbocycles. The van der Waals surface area contributed by atoms with Crippen LogP contribution in [0, 0.1) is 0 Å². The second-order valence-electron chi connectivity index (χ2n) is 20.6. The Balaban J connectivity index is 4.11. The van der Waals surface area contributed by atoms with Crippen LogP contribution in [0.4, 0.5) is 0 Å². The van der Waals surface area contributed by atoms with Gasteiger partial charge in [0.25, 0.3) is 0 Å². The van der Waals surface area contributed by atoms with E-state index in [1.165, 1.54) is 199 Å². The van der Waals surface area contributed by atoms with E-state index in [-0.39, 0.29) is 31.1 Å². The first-order chi connectivity index (χ1) is 34.5. The van der Waals surface area contributed by atoms with Crippen molar-refractivity contribution in [3.8, 4) is 0 Å². The van der Waals surface area contributed by atoms with Gasteiger partial charge in [-0.15, -0.1) is 0 Å². The minimum atomic E-state index is -0.767. The van der Waals surface area contributed by atoms with Crippen molar-refractivity contribution in [3.63, 3.8) is 0 Å². The number of ether oxygens (including phenoxy) is 3. The average molecular weight is 982 g/mol. The molecule has 0 heterocycles. The SMILES string of the molecule is CC/C=C\C/C=C\C/C=C\C/C=C\CCCCCCCCCCCCCCCCC(=O)OCC(COC(=O)CCCCCCCCCC)OC(=O)CCCCCCCCCCCCCCCCCCC. The molecule has 0 radical (unpaired) electrons. The topological polar surface area (TPSA) is 78.9 Å². The van der Waals surface area contributed by atoms with Gasteiger partial charge in [0, 0.05) is 19.3 Å². The Morgan fingerprint density at radius 2 is 0.557 bits per heavy atom. The summed E-state index contributed by atoms with van der Waals surface area (Å²) in [6, 6.07) is 0. The molecule has 408 valence electrons. The van der Waals surface area contributed by atoms with E-state index in [2.05, 4.69) is 69.4 Å². The molecular weight excluding hydrogens is 865 g/mol. The molecule has 0 saturated carbocycles. The number of rotatable bonds is 56. The van der Waals surface area contributed by atoms with Crippen LogP contribution in [0.2, 0.25) is 0 Å². The van der Waals surface area contributed by atoms with Gasteiger partial charge in [0.15, 0.2) is 6.10 Å². The van der Waals surface area contributed by atoms with Crippen LogP contribution in [0.25, 0.3) is 0 Å². The van der Waals surface area contributed by atoms with Crippen LogP contribution in [0.1, 0.15) is 323 Å². The predicted molar refractivity (Wildman–Crippen MR) is 302 cm³/mol. The van der Waals surface area contributed by atoms with Gasteiger partial charge in [-0.25, -0.2) is 0 Å². The van der Waals surface area contributed by atoms with E-state index in [9.17, 15) is 14.4 Å². The Kier molecular flexibility index (Phi) is 56.7. The second-order valence-corrected chi connectivity index (χ2v) is 20.6. The number of carbonyl (C=O) groups excluding carboxylic acids is 3. The maximum Gasteiger partial charge on any atom is 0.306 e. The molecule has 0 fully saturated rings. The molecular formula is C64H116O6. The molecule has 6 nitrogen and oxygen atoms in total. The van der Waals surface area contributed by atoms with Gasteiger partial charge < -0.3 is 14.2 Å². The number of esters is 3. The molecule has 0 N–H and O–H groups in total. The first-order valence-electron chi connectivity index (χ1n) is 30.6. The van der Waals surface area contributed by atoms with Gasteiger partial charge in [-0.3, -0.25) is 14.4 Å². The first kappa shape index (κ1) is 67.4. The fourth-order valence-corrected chi connectivity index (χ4v) is 9.02. The summed E-state index contributed by atoms with van der Waals surface area (Å²) in [5.74, 6) is -0.854. The molecule has 1 unspecified atom stereocenters. The van der Waals surface area contributed by atoms with Crippen LogP contribution < -0.4 is 0 Å². The Labute approximate surface area is 435 Å². The largest absolute Gasteiger partial charge is 0.462 e. The first-order valence-corrected chi connectivity index (χ1v) is 30.6. The standard InChI is InChI=1S/C64H116O6/c1-4-7-10-13-16-19-21-23-25-27-28-29-30-31-32-33-34-35-36-38-39-41-43-45-48-51-54-57-63(66)69-60-61(59-68-62(65)56-53-50-47-18-15-12-9-6-3)70-64(67)58-55-52-49-46-44-42-40-37-26-24-22-20-17-14-11-8-5-2/h7,10,16,19,23,25,28-29,61H,4-6,8-9,11-15,17-18,20-22,24,26-27,30-60H2,1-3H3/b10-7-,19-16-,25-23-,29-28-. The highest BCUT2D eigenvalue weighted by Gasteiger charge is 2.19. The van der Waals surface area contributed by atoms with Gasteiger partial charge in [0.2, 0.25) is 0 Å². The molecule has 6 heteroatoms. The molecule has 0 bridgehead atoms. The number of allylic oxidation sites excluding steroid dienone is 8. The molecule has 0 amide bonds. The monoisotopic (exact) mass is 981 g/mol. The zero-order valence-electron chi connectivity index (χ0n) is 46.8. The maximum absolute atomic E-state index is 12.8. The third-order valence-electron chi connectivity index (χ3n) is 13.6. The van der Waals surface area contributed by atoms with E-state index in [1.807, 2.05) is 0 Å². The highest BCUT2D eigenvalue weighted by molar-refractivity contribution is 5.71. The minimum absolute atomic E-state index is 0.0678. The average Bonchev–Trinajstić information content (AvgIpc) is 3.36. The van der Waals surface area contributed by atoms with E-state index in [0.717, 1.165) is 83.5 Å². The Bertz CT molecular complexity index is 1220. The molecule has 1 atom stereocenters. The molecule has 0 aliphatic heterocycles. The van der Waals surface area contributed by atoms with Gasteiger partial charge in [-0.2, -0.15) is 0 Å². The zero-order valence-corrected chi connectivity index (χ0v) is 46.8. The lowest BCUT2D eigenvalue weighted by Gasteiger charge is -2.18. The van der Waals surface area contributed by atoms with Crippen molar-refractivity contribution in [3.05, 3.63) is 48.6 Å². The molecule has 0 spiro atoms. The summed E-state index contributed by atoms with van der Waals surface area (Å²) in [5, 5.41) is 0. The Morgan fingerprint density at radius 1 is 0.300 bits per heavy atom. The Hall–Kier alpha value is -2.63. The van der Waals surface area contributed by atoms with Crippen molar-refractivity contribution in [2.45, 2.75) is 329 Å². The molecule has 0 aromatic rings. The normalized spacial score (nSPS) is 12.3. The van der Waals surface area contributed by atoms with Crippen molar-refractivity contribution in [1.29, 1.82) is 0 Å². The van der Waals surface area contributed by atoms with Crippen LogP contribution >= 0.6 is 0 Å². The summed E-state index contributed by atoms with van der Waals surface area (Å²) in [5.41, 5.74) is 0. The fourth-order valence-electron chi connectivity index (χ4n) is 9.02. The lowest BCUT2D eigenvalue weighted by Crippen LogP contribution is -2.30. The van der Waals surface area contributed by atoms with Crippen molar-refractivity contribution in [2.24, 2.45) is 0 Å². The molecule has 0 saturated heterocycles. The molecule has 0 aliphatic rings. The summed E-state index contributed by atoms with van der Waals surface area (Å²) in [6.45, 7) is 6.54. The third-order valence-corrected chi connectivity index (χ3v) is 13.6. The van der Waals surface area contributed by atoms with E-state index in [1.54, 1.807) is 0 Å². The van der Waals surface area contributed by atoms with Crippen molar-refractivity contribution < 1.29 is 28.6 Å². The zero-order chi connectivity index (χ0) is 50.7. The third kappa shape index (κ3) is 56.3. The lowest BCUT2D eigenvalue weighted by molar-refractivity contribution is -0.167. The summed E-state index contributed by atoms with van der Waals surface area (Å²) >= 11 is 0. The van der Waals surface area contributed by atoms with Gasteiger partial charge >= 0.3 is 17.9 Å². The van der Waals surface area contributed by atoms with E-state index < -0.39 is 6.10 Å². The van der Waals surface area contributed by atoms with Crippen LogP contribution in [0.5, 0.6) is 0 Å². The number of unbranched alkanes of at least 4 members (excludes halogenated alkanes) is 37. The summed E-state index contributed by atoms with van der Waals surface area (Å²) in [6.07, 6.45) is 72.7. The maximum atomic E-state index is 12.8. The number of hydrogen-bond donors (Lipinski definition) is 0. The van der Waals surface area contributed by atoms with E-state index in [0.29, 0.717) is 19.3 Å². The summed E-state index contributed by atoms with van der Waals surface area (Å²) in [4.78, 5) is 38.1.